The molecule has 1 aliphatic carbocycles. The number of halogens is 1. The molecule has 0 fully saturated rings. The highest BCUT2D eigenvalue weighted by Gasteiger charge is 2.35. The molecule has 0 saturated carbocycles. The second-order valence-electron chi connectivity index (χ2n) is 11.1. The summed E-state index contributed by atoms with van der Waals surface area (Å²) in [6, 6.07) is 0. The largest absolute Gasteiger partial charge is 0.492 e. The first-order valence-corrected chi connectivity index (χ1v) is 14.6. The van der Waals surface area contributed by atoms with Crippen LogP contribution in [0.5, 0.6) is 0 Å². The number of fused-ring (bicyclic) bond motifs is 2. The van der Waals surface area contributed by atoms with Gasteiger partial charge in [0.05, 0.1) is 25.3 Å². The van der Waals surface area contributed by atoms with E-state index in [1.54, 1.807) is 19.1 Å². The highest BCUT2D eigenvalue weighted by molar-refractivity contribution is 6.23. The predicted molar refractivity (Wildman–Crippen MR) is 171 cm³/mol. The van der Waals surface area contributed by atoms with Gasteiger partial charge >= 0.3 is 12.1 Å². The summed E-state index contributed by atoms with van der Waals surface area (Å²) < 4.78 is 28.0. The third-order valence-electron chi connectivity index (χ3n) is 7.53. The summed E-state index contributed by atoms with van der Waals surface area (Å²) in [6.07, 6.45) is 3.46. The maximum atomic E-state index is 13.5. The number of ether oxygens (including phenoxy) is 5. The van der Waals surface area contributed by atoms with Crippen LogP contribution < -0.4 is 16.8 Å². The van der Waals surface area contributed by atoms with Crippen LogP contribution in [0, 0.1) is 11.8 Å². The molecule has 4 unspecified atom stereocenters. The van der Waals surface area contributed by atoms with Crippen molar-refractivity contribution in [3.8, 4) is 0 Å². The zero-order valence-corrected chi connectivity index (χ0v) is 28.1. The average Bonchev–Trinajstić information content (AvgIpc) is 2.97. The number of Topliss-reactive ketones (excluding diaryl/α,β-unsaturated/α-hetero) is 1. The number of nitrogens with one attached hydrogen (secondary N) is 1. The minimum atomic E-state index is -1.03. The normalized spacial score (nSPS) is 29.6. The van der Waals surface area contributed by atoms with E-state index in [1.165, 1.54) is 40.4 Å². The number of allylic oxidation sites excluding steroid dienone is 4. The van der Waals surface area contributed by atoms with Gasteiger partial charge in [0.15, 0.2) is 11.9 Å². The number of methoxy groups -OCH3 is 3. The Labute approximate surface area is 275 Å². The maximum absolute atomic E-state index is 13.5. The summed E-state index contributed by atoms with van der Waals surface area (Å²) in [6.45, 7) is 7.01. The van der Waals surface area contributed by atoms with Gasteiger partial charge in [0.1, 0.15) is 12.2 Å². The van der Waals surface area contributed by atoms with E-state index in [0.717, 1.165) is 6.08 Å². The van der Waals surface area contributed by atoms with E-state index in [1.807, 2.05) is 13.8 Å². The molecular formula is C32H46ClN3O10. The SMILES string of the molecule is COC1=C2CC(C)CC(OC)[C@@H](OC(=O)CCN)[C@H](C)/C=C(\C)C(OC(N)=O)C(OC)/C=C\C=C(/C)C(=O)NC(=CC1=O)C2=O.Cl. The Bertz CT molecular complexity index is 1300. The van der Waals surface area contributed by atoms with Crippen LogP contribution in [-0.4, -0.2) is 81.8 Å². The Balaban J connectivity index is 0.0000106. The zero-order valence-electron chi connectivity index (χ0n) is 27.3. The summed E-state index contributed by atoms with van der Waals surface area (Å²) >= 11 is 0. The lowest BCUT2D eigenvalue weighted by Gasteiger charge is -2.32. The number of hydrogen-bond donors (Lipinski definition) is 3. The number of carbonyl (C=O) groups excluding carboxylic acids is 5. The van der Waals surface area contributed by atoms with Gasteiger partial charge in [0.25, 0.3) is 5.91 Å². The molecule has 0 spiro atoms. The van der Waals surface area contributed by atoms with E-state index in [0.29, 0.717) is 12.0 Å². The monoisotopic (exact) mass is 667 g/mol. The van der Waals surface area contributed by atoms with Gasteiger partial charge in [-0.05, 0) is 38.2 Å². The molecule has 256 valence electrons. The van der Waals surface area contributed by atoms with Crippen LogP contribution in [0.25, 0.3) is 0 Å². The standard InChI is InChI=1S/C32H45N3O10.ClH/c1-17-13-21-27(38)22(16-23(36)30(21)43-7)35-31(39)18(2)9-8-10-24(41-5)28(45-32(34)40)19(3)15-20(4)29(25(14-17)42-6)44-26(37)11-12-33;/h8-10,15-17,20,24-25,28-29H,11-14,33H2,1-7H3,(H2,34,40)(H,35,39);1H/b10-8-,18-9+,19-15+;/t17?,20-,24?,25?,28?,29+;/m1./s1. The van der Waals surface area contributed by atoms with Crippen LogP contribution in [-0.2, 0) is 42.9 Å². The molecule has 46 heavy (non-hydrogen) atoms. The van der Waals surface area contributed by atoms with Gasteiger partial charge in [-0.2, -0.15) is 0 Å². The summed E-state index contributed by atoms with van der Waals surface area (Å²) in [4.78, 5) is 63.9. The molecule has 0 saturated heterocycles. The summed E-state index contributed by atoms with van der Waals surface area (Å²) in [5.41, 5.74) is 11.7. The number of nitrogens with two attached hydrogens (primary N) is 2. The highest BCUT2D eigenvalue weighted by Crippen LogP contribution is 2.30. The van der Waals surface area contributed by atoms with Crippen LogP contribution in [0.3, 0.4) is 0 Å². The summed E-state index contributed by atoms with van der Waals surface area (Å²) in [5, 5.41) is 2.53. The van der Waals surface area contributed by atoms with E-state index in [9.17, 15) is 24.0 Å². The highest BCUT2D eigenvalue weighted by atomic mass is 35.5. The first kappa shape index (κ1) is 40.2. The molecule has 2 rings (SSSR count). The average molecular weight is 668 g/mol. The maximum Gasteiger partial charge on any atom is 0.405 e. The van der Waals surface area contributed by atoms with Crippen molar-refractivity contribution in [3.05, 3.63) is 58.6 Å². The number of rotatable bonds is 7. The lowest BCUT2D eigenvalue weighted by Crippen LogP contribution is -2.40. The number of primary amides is 1. The molecule has 2 amide bonds. The summed E-state index contributed by atoms with van der Waals surface area (Å²) in [5.74, 6) is -3.11. The van der Waals surface area contributed by atoms with Crippen molar-refractivity contribution in [2.24, 2.45) is 23.3 Å². The van der Waals surface area contributed by atoms with Crippen molar-refractivity contribution in [2.75, 3.05) is 27.9 Å². The Hall–Kier alpha value is -3.78. The van der Waals surface area contributed by atoms with E-state index < -0.39 is 59.9 Å². The molecule has 2 aliphatic rings. The van der Waals surface area contributed by atoms with Gasteiger partial charge in [0, 0.05) is 43.9 Å². The van der Waals surface area contributed by atoms with Crippen LogP contribution in [0.2, 0.25) is 0 Å². The van der Waals surface area contributed by atoms with Crippen LogP contribution in [0.4, 0.5) is 4.79 Å². The quantitative estimate of drug-likeness (QED) is 0.205. The van der Waals surface area contributed by atoms with Crippen molar-refractivity contribution in [3.63, 3.8) is 0 Å². The fraction of sp³-hybridized carbons (Fsp3) is 0.531. The molecule has 13 nitrogen and oxygen atoms in total. The summed E-state index contributed by atoms with van der Waals surface area (Å²) in [7, 11) is 4.19. The second kappa shape index (κ2) is 19.0. The molecule has 1 heterocycles. The molecule has 0 aromatic carbocycles. The second-order valence-corrected chi connectivity index (χ2v) is 11.1. The first-order chi connectivity index (χ1) is 21.3. The van der Waals surface area contributed by atoms with Crippen molar-refractivity contribution >= 4 is 41.9 Å². The topological polar surface area (TPSA) is 196 Å². The molecule has 0 aromatic heterocycles. The fourth-order valence-corrected chi connectivity index (χ4v) is 5.28. The Morgan fingerprint density at radius 1 is 1.04 bits per heavy atom. The number of carbonyl (C=O) groups is 5. The van der Waals surface area contributed by atoms with E-state index in [-0.39, 0.29) is 60.3 Å². The van der Waals surface area contributed by atoms with Gasteiger partial charge in [0.2, 0.25) is 11.6 Å². The van der Waals surface area contributed by atoms with E-state index in [2.05, 4.69) is 5.32 Å². The van der Waals surface area contributed by atoms with E-state index >= 15 is 0 Å². The molecule has 0 aromatic rings. The number of esters is 1. The first-order valence-electron chi connectivity index (χ1n) is 14.6. The Kier molecular flexibility index (Phi) is 16.6. The zero-order chi connectivity index (χ0) is 33.8. The van der Waals surface area contributed by atoms with Crippen LogP contribution in [0.1, 0.15) is 47.0 Å². The molecule has 6 atom stereocenters. The lowest BCUT2D eigenvalue weighted by molar-refractivity contribution is -0.160. The van der Waals surface area contributed by atoms with Crippen molar-refractivity contribution in [1.29, 1.82) is 0 Å². The van der Waals surface area contributed by atoms with Crippen LogP contribution >= 0.6 is 12.4 Å². The van der Waals surface area contributed by atoms with Gasteiger partial charge in [-0.25, -0.2) is 4.79 Å². The Morgan fingerprint density at radius 3 is 2.28 bits per heavy atom. The minimum Gasteiger partial charge on any atom is -0.492 e. The molecule has 0 radical (unpaired) electrons. The smallest absolute Gasteiger partial charge is 0.405 e. The van der Waals surface area contributed by atoms with Gasteiger partial charge in [-0.3, -0.25) is 19.2 Å². The number of ketones is 2. The van der Waals surface area contributed by atoms with Gasteiger partial charge < -0.3 is 40.5 Å². The third kappa shape index (κ3) is 10.9. The van der Waals surface area contributed by atoms with Gasteiger partial charge in [-0.15, -0.1) is 12.4 Å². The van der Waals surface area contributed by atoms with E-state index in [4.69, 9.17) is 35.2 Å². The molecule has 5 N–H and O–H groups in total. The number of amides is 2. The van der Waals surface area contributed by atoms with Crippen molar-refractivity contribution < 1.29 is 47.7 Å². The molecule has 2 bridgehead atoms. The van der Waals surface area contributed by atoms with Gasteiger partial charge in [-0.1, -0.05) is 38.2 Å². The lowest BCUT2D eigenvalue weighted by atomic mass is 9.85. The van der Waals surface area contributed by atoms with Crippen LogP contribution in [0.15, 0.2) is 58.6 Å². The van der Waals surface area contributed by atoms with Crippen molar-refractivity contribution in [1.82, 2.24) is 5.32 Å². The molecular weight excluding hydrogens is 622 g/mol. The third-order valence-corrected chi connectivity index (χ3v) is 7.53. The fourth-order valence-electron chi connectivity index (χ4n) is 5.28. The molecule has 14 heteroatoms. The Morgan fingerprint density at radius 2 is 1.72 bits per heavy atom. The predicted octanol–water partition coefficient (Wildman–Crippen LogP) is 2.73. The number of hydrogen-bond acceptors (Lipinski definition) is 11. The van der Waals surface area contributed by atoms with Crippen molar-refractivity contribution in [2.45, 2.75) is 71.4 Å². The minimum absolute atomic E-state index is 0. The molecule has 1 aliphatic heterocycles.